The molecule has 1 aromatic heterocycles. The summed E-state index contributed by atoms with van der Waals surface area (Å²) in [5, 5.41) is 3.07. The van der Waals surface area contributed by atoms with E-state index < -0.39 is 0 Å². The van der Waals surface area contributed by atoms with E-state index in [1.54, 1.807) is 0 Å². The molecule has 3 rings (SSSR count). The van der Waals surface area contributed by atoms with Crippen LogP contribution < -0.4 is 5.32 Å². The summed E-state index contributed by atoms with van der Waals surface area (Å²) >= 11 is 0. The van der Waals surface area contributed by atoms with Gasteiger partial charge in [0.15, 0.2) is 0 Å². The standard InChI is InChI=1S/C28H39N3O/c1-3-4-5-6-14-21-31-26-18-12-11-17-25(26)30-27(31)19-8-7-13-20-29-28(32)22-24-16-10-9-15-23(24)2/h9-12,15-18H,3-8,13-14,19-22H2,1-2H3,(H,29,32). The molecule has 0 saturated heterocycles. The second-order valence-corrected chi connectivity index (χ2v) is 8.85. The smallest absolute Gasteiger partial charge is 0.224 e. The summed E-state index contributed by atoms with van der Waals surface area (Å²) in [6.07, 6.45) is 11.1. The molecule has 2 aromatic carbocycles. The third-order valence-corrected chi connectivity index (χ3v) is 6.23. The lowest BCUT2D eigenvalue weighted by molar-refractivity contribution is -0.120. The topological polar surface area (TPSA) is 46.9 Å². The molecule has 4 heteroatoms. The molecule has 0 bridgehead atoms. The van der Waals surface area contributed by atoms with Crippen LogP contribution >= 0.6 is 0 Å². The van der Waals surface area contributed by atoms with Gasteiger partial charge >= 0.3 is 0 Å². The average molecular weight is 434 g/mol. The van der Waals surface area contributed by atoms with E-state index in [-0.39, 0.29) is 5.91 Å². The van der Waals surface area contributed by atoms with E-state index in [0.29, 0.717) is 6.42 Å². The molecule has 1 heterocycles. The molecule has 0 fully saturated rings. The normalized spacial score (nSPS) is 11.2. The van der Waals surface area contributed by atoms with Crippen molar-refractivity contribution in [2.45, 2.75) is 84.6 Å². The zero-order valence-corrected chi connectivity index (χ0v) is 19.9. The Morgan fingerprint density at radius 3 is 2.50 bits per heavy atom. The van der Waals surface area contributed by atoms with Gasteiger partial charge in [-0.15, -0.1) is 0 Å². The maximum Gasteiger partial charge on any atom is 0.224 e. The number of amides is 1. The van der Waals surface area contributed by atoms with Crippen molar-refractivity contribution in [1.82, 2.24) is 14.9 Å². The minimum atomic E-state index is 0.115. The Labute approximate surface area is 193 Å². The fraction of sp³-hybridized carbons (Fsp3) is 0.500. The highest BCUT2D eigenvalue weighted by Crippen LogP contribution is 2.19. The molecule has 0 atom stereocenters. The van der Waals surface area contributed by atoms with E-state index in [1.165, 1.54) is 49.0 Å². The molecule has 32 heavy (non-hydrogen) atoms. The van der Waals surface area contributed by atoms with Gasteiger partial charge in [0.2, 0.25) is 5.91 Å². The summed E-state index contributed by atoms with van der Waals surface area (Å²) in [6.45, 7) is 6.13. The molecule has 0 saturated carbocycles. The molecule has 172 valence electrons. The molecule has 0 aliphatic heterocycles. The van der Waals surface area contributed by atoms with E-state index >= 15 is 0 Å². The highest BCUT2D eigenvalue weighted by Gasteiger charge is 2.10. The van der Waals surface area contributed by atoms with Gasteiger partial charge in [0.05, 0.1) is 17.5 Å². The summed E-state index contributed by atoms with van der Waals surface area (Å²) in [7, 11) is 0. The summed E-state index contributed by atoms with van der Waals surface area (Å²) in [4.78, 5) is 17.1. The van der Waals surface area contributed by atoms with Crippen molar-refractivity contribution >= 4 is 16.9 Å². The maximum absolute atomic E-state index is 12.2. The average Bonchev–Trinajstić information content (AvgIpc) is 3.15. The second-order valence-electron chi connectivity index (χ2n) is 8.85. The van der Waals surface area contributed by atoms with Gasteiger partial charge in [-0.05, 0) is 49.4 Å². The molecule has 0 aliphatic rings. The fourth-order valence-corrected chi connectivity index (χ4v) is 4.30. The third kappa shape index (κ3) is 7.22. The first-order chi connectivity index (χ1) is 15.7. The number of aryl methyl sites for hydroxylation is 3. The first kappa shape index (κ1) is 24.0. The van der Waals surface area contributed by atoms with Gasteiger partial charge in [-0.3, -0.25) is 4.79 Å². The van der Waals surface area contributed by atoms with Gasteiger partial charge in [-0.1, -0.05) is 75.4 Å². The monoisotopic (exact) mass is 433 g/mol. The van der Waals surface area contributed by atoms with Crippen molar-refractivity contribution in [3.05, 3.63) is 65.5 Å². The van der Waals surface area contributed by atoms with Crippen LogP contribution in [0.15, 0.2) is 48.5 Å². The number of benzene rings is 2. The van der Waals surface area contributed by atoms with E-state index in [9.17, 15) is 4.79 Å². The van der Waals surface area contributed by atoms with E-state index in [2.05, 4.69) is 54.1 Å². The zero-order valence-electron chi connectivity index (χ0n) is 19.9. The highest BCUT2D eigenvalue weighted by molar-refractivity contribution is 5.78. The Bertz CT molecular complexity index is 976. The number of unbranched alkanes of at least 4 members (excludes halogenated alkanes) is 6. The zero-order chi connectivity index (χ0) is 22.6. The van der Waals surface area contributed by atoms with Gasteiger partial charge < -0.3 is 9.88 Å². The minimum Gasteiger partial charge on any atom is -0.356 e. The largest absolute Gasteiger partial charge is 0.356 e. The Hall–Kier alpha value is -2.62. The van der Waals surface area contributed by atoms with Crippen molar-refractivity contribution in [1.29, 1.82) is 0 Å². The number of rotatable bonds is 14. The van der Waals surface area contributed by atoms with E-state index in [1.807, 2.05) is 18.2 Å². The van der Waals surface area contributed by atoms with Gasteiger partial charge in [0.1, 0.15) is 5.82 Å². The van der Waals surface area contributed by atoms with Crippen LogP contribution in [0.1, 0.15) is 75.2 Å². The van der Waals surface area contributed by atoms with Crippen LogP contribution in [0.2, 0.25) is 0 Å². The van der Waals surface area contributed by atoms with Crippen molar-refractivity contribution in [2.24, 2.45) is 0 Å². The highest BCUT2D eigenvalue weighted by atomic mass is 16.1. The molecular weight excluding hydrogens is 394 g/mol. The summed E-state index contributed by atoms with van der Waals surface area (Å²) in [6, 6.07) is 16.6. The molecule has 0 radical (unpaired) electrons. The van der Waals surface area contributed by atoms with Crippen LogP contribution in [0.5, 0.6) is 0 Å². The summed E-state index contributed by atoms with van der Waals surface area (Å²) in [5.74, 6) is 1.33. The second kappa shape index (κ2) is 13.0. The molecular formula is C28H39N3O. The predicted octanol–water partition coefficient (Wildman–Crippen LogP) is 6.39. The number of aromatic nitrogens is 2. The van der Waals surface area contributed by atoms with Crippen LogP contribution in [0.25, 0.3) is 11.0 Å². The Kier molecular flexibility index (Phi) is 9.80. The summed E-state index contributed by atoms with van der Waals surface area (Å²) < 4.78 is 2.44. The number of fused-ring (bicyclic) bond motifs is 1. The molecule has 3 aromatic rings. The lowest BCUT2D eigenvalue weighted by atomic mass is 10.1. The number of nitrogens with one attached hydrogen (secondary N) is 1. The molecule has 1 N–H and O–H groups in total. The number of hydrogen-bond acceptors (Lipinski definition) is 2. The fourth-order valence-electron chi connectivity index (χ4n) is 4.30. The number of carbonyl (C=O) groups is 1. The molecule has 0 unspecified atom stereocenters. The maximum atomic E-state index is 12.2. The van der Waals surface area contributed by atoms with E-state index in [0.717, 1.165) is 49.9 Å². The van der Waals surface area contributed by atoms with Gasteiger partial charge in [-0.2, -0.15) is 0 Å². The number of nitrogens with zero attached hydrogens (tertiary/aromatic N) is 2. The van der Waals surface area contributed by atoms with Gasteiger partial charge in [0.25, 0.3) is 0 Å². The minimum absolute atomic E-state index is 0.115. The molecule has 0 aliphatic carbocycles. The number of hydrogen-bond donors (Lipinski definition) is 1. The number of carbonyl (C=O) groups excluding carboxylic acids is 1. The van der Waals surface area contributed by atoms with Gasteiger partial charge in [0, 0.05) is 19.5 Å². The van der Waals surface area contributed by atoms with Crippen LogP contribution in [-0.2, 0) is 24.2 Å². The first-order valence-corrected chi connectivity index (χ1v) is 12.4. The summed E-state index contributed by atoms with van der Waals surface area (Å²) in [5.41, 5.74) is 4.66. The Morgan fingerprint density at radius 1 is 0.906 bits per heavy atom. The number of imidazole rings is 1. The van der Waals surface area contributed by atoms with E-state index in [4.69, 9.17) is 4.98 Å². The van der Waals surface area contributed by atoms with Gasteiger partial charge in [-0.25, -0.2) is 4.98 Å². The van der Waals surface area contributed by atoms with Crippen LogP contribution in [0.4, 0.5) is 0 Å². The van der Waals surface area contributed by atoms with Crippen LogP contribution in [0, 0.1) is 6.92 Å². The third-order valence-electron chi connectivity index (χ3n) is 6.23. The molecule has 0 spiro atoms. The molecule has 4 nitrogen and oxygen atoms in total. The predicted molar refractivity (Wildman–Crippen MR) is 134 cm³/mol. The van der Waals surface area contributed by atoms with Crippen molar-refractivity contribution in [3.8, 4) is 0 Å². The van der Waals surface area contributed by atoms with Crippen molar-refractivity contribution < 1.29 is 4.79 Å². The SMILES string of the molecule is CCCCCCCn1c(CCCCCNC(=O)Cc2ccccc2C)nc2ccccc21. The Morgan fingerprint density at radius 2 is 1.66 bits per heavy atom. The van der Waals surface area contributed by atoms with Crippen LogP contribution in [-0.4, -0.2) is 22.0 Å². The number of para-hydroxylation sites is 2. The first-order valence-electron chi connectivity index (χ1n) is 12.4. The quantitative estimate of drug-likeness (QED) is 0.300. The lowest BCUT2D eigenvalue weighted by Gasteiger charge is -2.10. The van der Waals surface area contributed by atoms with Crippen LogP contribution in [0.3, 0.4) is 0 Å². The lowest BCUT2D eigenvalue weighted by Crippen LogP contribution is -2.26. The van der Waals surface area contributed by atoms with Crippen molar-refractivity contribution in [2.75, 3.05) is 6.54 Å². The Balaban J connectivity index is 1.41. The van der Waals surface area contributed by atoms with Crippen molar-refractivity contribution in [3.63, 3.8) is 0 Å². The molecule has 1 amide bonds.